The third-order valence-electron chi connectivity index (χ3n) is 3.98. The van der Waals surface area contributed by atoms with E-state index in [1.807, 2.05) is 0 Å². The van der Waals surface area contributed by atoms with E-state index in [4.69, 9.17) is 39.5 Å². The Morgan fingerprint density at radius 1 is 0.724 bits per heavy atom. The Kier molecular flexibility index (Phi) is 6.64. The number of carbonyl (C=O) groups is 2. The van der Waals surface area contributed by atoms with E-state index in [2.05, 4.69) is 10.6 Å². The van der Waals surface area contributed by atoms with Crippen molar-refractivity contribution in [3.05, 3.63) is 86.9 Å². The molecule has 0 heterocycles. The minimum Gasteiger partial charge on any atom is -0.496 e. The van der Waals surface area contributed by atoms with E-state index >= 15 is 0 Å². The minimum absolute atomic E-state index is 0.259. The molecule has 3 aromatic rings. The van der Waals surface area contributed by atoms with Crippen LogP contribution in [0.25, 0.3) is 0 Å². The van der Waals surface area contributed by atoms with E-state index in [0.29, 0.717) is 38.3 Å². The number of benzene rings is 3. The maximum atomic E-state index is 12.5. The highest BCUT2D eigenvalue weighted by Gasteiger charge is 2.14. The van der Waals surface area contributed by atoms with Crippen LogP contribution in [0.4, 0.5) is 11.4 Å². The van der Waals surface area contributed by atoms with Gasteiger partial charge in [-0.3, -0.25) is 9.59 Å². The molecule has 0 aliphatic carbocycles. The molecule has 0 saturated heterocycles. The molecular weight excluding hydrogens is 435 g/mol. The molecule has 3 aromatic carbocycles. The molecule has 0 saturated carbocycles. The average Bonchev–Trinajstić information content (AvgIpc) is 2.69. The number of carbonyl (C=O) groups excluding carboxylic acids is 2. The zero-order valence-corrected chi connectivity index (χ0v) is 17.4. The lowest BCUT2D eigenvalue weighted by atomic mass is 10.1. The van der Waals surface area contributed by atoms with Gasteiger partial charge in [0.05, 0.1) is 23.3 Å². The molecular formula is C21H15Cl3N2O3. The molecule has 0 aromatic heterocycles. The Hall–Kier alpha value is -2.73. The summed E-state index contributed by atoms with van der Waals surface area (Å²) in [7, 11) is 1.48. The van der Waals surface area contributed by atoms with Gasteiger partial charge in [0, 0.05) is 21.4 Å². The third kappa shape index (κ3) is 5.21. The van der Waals surface area contributed by atoms with Crippen LogP contribution < -0.4 is 15.4 Å². The van der Waals surface area contributed by atoms with E-state index in [-0.39, 0.29) is 16.8 Å². The number of nitrogens with one attached hydrogen (secondary N) is 2. The smallest absolute Gasteiger partial charge is 0.259 e. The zero-order valence-electron chi connectivity index (χ0n) is 15.1. The van der Waals surface area contributed by atoms with Gasteiger partial charge in [-0.25, -0.2) is 0 Å². The lowest BCUT2D eigenvalue weighted by Gasteiger charge is -2.11. The molecule has 5 nitrogen and oxygen atoms in total. The monoisotopic (exact) mass is 448 g/mol. The first-order valence-electron chi connectivity index (χ1n) is 8.39. The van der Waals surface area contributed by atoms with E-state index in [1.165, 1.54) is 19.2 Å². The van der Waals surface area contributed by atoms with Crippen LogP contribution in [0.15, 0.2) is 60.7 Å². The first-order chi connectivity index (χ1) is 13.9. The maximum Gasteiger partial charge on any atom is 0.259 e. The molecule has 8 heteroatoms. The van der Waals surface area contributed by atoms with E-state index in [1.54, 1.807) is 48.5 Å². The van der Waals surface area contributed by atoms with Crippen molar-refractivity contribution in [3.63, 3.8) is 0 Å². The summed E-state index contributed by atoms with van der Waals surface area (Å²) in [5, 5.41) is 6.63. The predicted molar refractivity (Wildman–Crippen MR) is 117 cm³/mol. The second-order valence-electron chi connectivity index (χ2n) is 5.95. The number of hydrogen-bond donors (Lipinski definition) is 2. The van der Waals surface area contributed by atoms with Crippen molar-refractivity contribution in [1.29, 1.82) is 0 Å². The van der Waals surface area contributed by atoms with Crippen molar-refractivity contribution in [1.82, 2.24) is 0 Å². The van der Waals surface area contributed by atoms with Gasteiger partial charge >= 0.3 is 0 Å². The Balaban J connectivity index is 1.69. The van der Waals surface area contributed by atoms with Crippen molar-refractivity contribution in [2.24, 2.45) is 0 Å². The second-order valence-corrected chi connectivity index (χ2v) is 7.23. The highest BCUT2D eigenvalue weighted by molar-refractivity contribution is 6.37. The van der Waals surface area contributed by atoms with Gasteiger partial charge in [-0.15, -0.1) is 0 Å². The molecule has 0 fully saturated rings. The van der Waals surface area contributed by atoms with Gasteiger partial charge in [-0.1, -0.05) is 34.8 Å². The van der Waals surface area contributed by atoms with Gasteiger partial charge < -0.3 is 15.4 Å². The van der Waals surface area contributed by atoms with Crippen LogP contribution in [0, 0.1) is 0 Å². The topological polar surface area (TPSA) is 67.4 Å². The molecule has 0 bridgehead atoms. The van der Waals surface area contributed by atoms with Crippen LogP contribution in [0.5, 0.6) is 5.75 Å². The van der Waals surface area contributed by atoms with Crippen LogP contribution >= 0.6 is 34.8 Å². The third-order valence-corrected chi connectivity index (χ3v) is 4.77. The average molecular weight is 450 g/mol. The highest BCUT2D eigenvalue weighted by atomic mass is 35.5. The lowest BCUT2D eigenvalue weighted by Crippen LogP contribution is -2.14. The molecule has 3 rings (SSSR count). The van der Waals surface area contributed by atoms with Crippen LogP contribution in [0.3, 0.4) is 0 Å². The fraction of sp³-hybridized carbons (Fsp3) is 0.0476. The summed E-state index contributed by atoms with van der Waals surface area (Å²) in [6, 6.07) is 16.1. The van der Waals surface area contributed by atoms with Gasteiger partial charge in [0.15, 0.2) is 0 Å². The molecule has 2 N–H and O–H groups in total. The van der Waals surface area contributed by atoms with Crippen molar-refractivity contribution < 1.29 is 14.3 Å². The molecule has 29 heavy (non-hydrogen) atoms. The van der Waals surface area contributed by atoms with Gasteiger partial charge in [-0.2, -0.15) is 0 Å². The highest BCUT2D eigenvalue weighted by Crippen LogP contribution is 2.25. The summed E-state index contributed by atoms with van der Waals surface area (Å²) in [6.07, 6.45) is 0. The van der Waals surface area contributed by atoms with Crippen molar-refractivity contribution in [2.75, 3.05) is 17.7 Å². The van der Waals surface area contributed by atoms with Gasteiger partial charge in [-0.05, 0) is 60.7 Å². The molecule has 0 unspecified atom stereocenters. The fourth-order valence-corrected chi connectivity index (χ4v) is 3.23. The quantitative estimate of drug-likeness (QED) is 0.490. The summed E-state index contributed by atoms with van der Waals surface area (Å²) in [6.45, 7) is 0. The first kappa shape index (κ1) is 21.0. The summed E-state index contributed by atoms with van der Waals surface area (Å²) in [5.41, 5.74) is 1.70. The summed E-state index contributed by atoms with van der Waals surface area (Å²) >= 11 is 17.9. The lowest BCUT2D eigenvalue weighted by molar-refractivity contribution is 0.101. The van der Waals surface area contributed by atoms with Gasteiger partial charge in [0.1, 0.15) is 5.75 Å². The van der Waals surface area contributed by atoms with Crippen LogP contribution in [0.2, 0.25) is 15.1 Å². The zero-order chi connectivity index (χ0) is 21.0. The first-order valence-corrected chi connectivity index (χ1v) is 9.52. The van der Waals surface area contributed by atoms with Crippen molar-refractivity contribution in [2.45, 2.75) is 0 Å². The molecule has 148 valence electrons. The number of ether oxygens (including phenoxy) is 1. The molecule has 0 aliphatic heterocycles. The normalized spacial score (nSPS) is 10.3. The fourth-order valence-electron chi connectivity index (χ4n) is 2.57. The molecule has 0 radical (unpaired) electrons. The Morgan fingerprint density at radius 2 is 1.24 bits per heavy atom. The number of amides is 2. The number of halogens is 3. The molecule has 2 amide bonds. The largest absolute Gasteiger partial charge is 0.496 e. The van der Waals surface area contributed by atoms with Crippen LogP contribution in [-0.2, 0) is 0 Å². The Bertz CT molecular complexity index is 1070. The predicted octanol–water partition coefficient (Wildman–Crippen LogP) is 6.16. The maximum absolute atomic E-state index is 12.5. The number of anilines is 2. The van der Waals surface area contributed by atoms with Gasteiger partial charge in [0.2, 0.25) is 0 Å². The van der Waals surface area contributed by atoms with Crippen molar-refractivity contribution in [3.8, 4) is 5.75 Å². The van der Waals surface area contributed by atoms with Crippen molar-refractivity contribution >= 4 is 58.0 Å². The second kappa shape index (κ2) is 9.18. The SMILES string of the molecule is COc1ccc(Cl)cc1C(=O)Nc1ccc(NC(=O)c2ccc(Cl)cc2Cl)cc1. The van der Waals surface area contributed by atoms with E-state index in [9.17, 15) is 9.59 Å². The molecule has 0 spiro atoms. The van der Waals surface area contributed by atoms with E-state index in [0.717, 1.165) is 0 Å². The van der Waals surface area contributed by atoms with E-state index < -0.39 is 0 Å². The number of hydrogen-bond acceptors (Lipinski definition) is 3. The Labute approximate surface area is 182 Å². The van der Waals surface area contributed by atoms with Crippen LogP contribution in [-0.4, -0.2) is 18.9 Å². The number of rotatable bonds is 5. The molecule has 0 aliphatic rings. The molecule has 0 atom stereocenters. The summed E-state index contributed by atoms with van der Waals surface area (Å²) in [5.74, 6) is -0.322. The Morgan fingerprint density at radius 3 is 1.79 bits per heavy atom. The summed E-state index contributed by atoms with van der Waals surface area (Å²) < 4.78 is 5.20. The minimum atomic E-state index is -0.368. The van der Waals surface area contributed by atoms with Crippen LogP contribution in [0.1, 0.15) is 20.7 Å². The standard InChI is InChI=1S/C21H15Cl3N2O3/c1-29-19-9-3-12(22)10-17(19)21(28)26-15-6-4-14(5-7-15)25-20(27)16-8-2-13(23)11-18(16)24/h2-11H,1H3,(H,25,27)(H,26,28). The number of methoxy groups -OCH3 is 1. The summed E-state index contributed by atoms with van der Waals surface area (Å²) in [4.78, 5) is 24.9. The van der Waals surface area contributed by atoms with Gasteiger partial charge in [0.25, 0.3) is 11.8 Å².